The van der Waals surface area contributed by atoms with E-state index in [1.165, 1.54) is 5.56 Å². The molecular weight excluding hydrogens is 214 g/mol. The van der Waals surface area contributed by atoms with E-state index in [1.54, 1.807) is 12.5 Å². The molecular formula is C12H19N5. The van der Waals surface area contributed by atoms with Crippen LogP contribution in [0, 0.1) is 5.92 Å². The summed E-state index contributed by atoms with van der Waals surface area (Å²) >= 11 is 0. The molecule has 2 heterocycles. The van der Waals surface area contributed by atoms with Gasteiger partial charge in [0, 0.05) is 25.3 Å². The number of aromatic nitrogens is 3. The summed E-state index contributed by atoms with van der Waals surface area (Å²) in [6.07, 6.45) is 3.46. The number of H-pyrrole nitrogens is 1. The molecule has 2 aromatic rings. The van der Waals surface area contributed by atoms with Crippen LogP contribution in [-0.4, -0.2) is 27.5 Å². The van der Waals surface area contributed by atoms with Gasteiger partial charge in [-0.25, -0.2) is 9.97 Å². The maximum Gasteiger partial charge on any atom is 0.177 e. The second kappa shape index (κ2) is 5.25. The Balaban J connectivity index is 2.10. The molecule has 0 saturated carbocycles. The molecule has 1 atom stereocenters. The van der Waals surface area contributed by atoms with Gasteiger partial charge < -0.3 is 16.0 Å². The number of fused-ring (bicyclic) bond motifs is 1. The smallest absolute Gasteiger partial charge is 0.177 e. The maximum atomic E-state index is 5.74. The average molecular weight is 233 g/mol. The van der Waals surface area contributed by atoms with Gasteiger partial charge in [-0.15, -0.1) is 0 Å². The van der Waals surface area contributed by atoms with Crippen LogP contribution in [0.2, 0.25) is 0 Å². The molecule has 0 fully saturated rings. The summed E-state index contributed by atoms with van der Waals surface area (Å²) in [6, 6.07) is 2.34. The Morgan fingerprint density at radius 2 is 2.24 bits per heavy atom. The number of nitrogens with zero attached hydrogens (tertiary/aromatic N) is 2. The fourth-order valence-electron chi connectivity index (χ4n) is 1.88. The summed E-state index contributed by atoms with van der Waals surface area (Å²) in [6.45, 7) is 5.77. The number of rotatable bonds is 5. The number of aromatic amines is 1. The van der Waals surface area contributed by atoms with Crippen molar-refractivity contribution in [3.8, 4) is 0 Å². The molecule has 92 valence electrons. The van der Waals surface area contributed by atoms with Gasteiger partial charge in [0.2, 0.25) is 0 Å². The zero-order valence-corrected chi connectivity index (χ0v) is 10.3. The van der Waals surface area contributed by atoms with Gasteiger partial charge in [-0.05, 0) is 17.5 Å². The van der Waals surface area contributed by atoms with Gasteiger partial charge in [0.05, 0.1) is 11.8 Å². The molecule has 0 aliphatic carbocycles. The topological polar surface area (TPSA) is 79.6 Å². The van der Waals surface area contributed by atoms with Gasteiger partial charge in [0.15, 0.2) is 5.65 Å². The lowest BCUT2D eigenvalue weighted by Crippen LogP contribution is -2.39. The van der Waals surface area contributed by atoms with Crippen LogP contribution in [-0.2, 0) is 6.54 Å². The molecule has 0 amide bonds. The number of imidazole rings is 1. The fraction of sp³-hybridized carbons (Fsp3) is 0.500. The van der Waals surface area contributed by atoms with Crippen LogP contribution in [0.25, 0.3) is 11.2 Å². The lowest BCUT2D eigenvalue weighted by atomic mass is 10.0. The van der Waals surface area contributed by atoms with Crippen molar-refractivity contribution in [2.24, 2.45) is 11.7 Å². The molecule has 2 rings (SSSR count). The molecule has 1 unspecified atom stereocenters. The first kappa shape index (κ1) is 12.0. The number of pyridine rings is 1. The first-order valence-electron chi connectivity index (χ1n) is 5.92. The highest BCUT2D eigenvalue weighted by molar-refractivity contribution is 5.73. The number of nitrogens with one attached hydrogen (secondary N) is 2. The normalized spacial score (nSPS) is 13.4. The summed E-state index contributed by atoms with van der Waals surface area (Å²) < 4.78 is 0. The highest BCUT2D eigenvalue weighted by Gasteiger charge is 2.11. The number of hydrogen-bond acceptors (Lipinski definition) is 4. The van der Waals surface area contributed by atoms with Crippen molar-refractivity contribution in [1.29, 1.82) is 0 Å². The molecule has 17 heavy (non-hydrogen) atoms. The van der Waals surface area contributed by atoms with Crippen LogP contribution in [0.4, 0.5) is 0 Å². The Labute approximate surface area is 101 Å². The van der Waals surface area contributed by atoms with Gasteiger partial charge in [0.25, 0.3) is 0 Å². The van der Waals surface area contributed by atoms with Crippen molar-refractivity contribution in [3.05, 3.63) is 24.2 Å². The van der Waals surface area contributed by atoms with Crippen LogP contribution < -0.4 is 11.1 Å². The second-order valence-electron chi connectivity index (χ2n) is 4.54. The zero-order chi connectivity index (χ0) is 12.3. The highest BCUT2D eigenvalue weighted by atomic mass is 15.0. The lowest BCUT2D eigenvalue weighted by molar-refractivity contribution is 0.405. The Morgan fingerprint density at radius 1 is 1.41 bits per heavy atom. The lowest BCUT2D eigenvalue weighted by Gasteiger charge is -2.20. The summed E-state index contributed by atoms with van der Waals surface area (Å²) in [4.78, 5) is 11.4. The van der Waals surface area contributed by atoms with Gasteiger partial charge in [0.1, 0.15) is 0 Å². The third-order valence-corrected chi connectivity index (χ3v) is 3.03. The van der Waals surface area contributed by atoms with Crippen LogP contribution >= 0.6 is 0 Å². The molecule has 5 nitrogen and oxygen atoms in total. The number of hydrogen-bond donors (Lipinski definition) is 3. The minimum atomic E-state index is 0.334. The molecule has 5 heteroatoms. The van der Waals surface area contributed by atoms with E-state index in [1.807, 2.05) is 6.07 Å². The van der Waals surface area contributed by atoms with Gasteiger partial charge in [-0.2, -0.15) is 0 Å². The van der Waals surface area contributed by atoms with E-state index in [4.69, 9.17) is 5.73 Å². The third-order valence-electron chi connectivity index (χ3n) is 3.03. The zero-order valence-electron chi connectivity index (χ0n) is 10.3. The first-order valence-corrected chi connectivity index (χ1v) is 5.92. The molecule has 2 aromatic heterocycles. The van der Waals surface area contributed by atoms with Crippen molar-refractivity contribution in [2.45, 2.75) is 26.4 Å². The van der Waals surface area contributed by atoms with E-state index in [0.717, 1.165) is 17.7 Å². The monoisotopic (exact) mass is 233 g/mol. The molecule has 0 aliphatic heterocycles. The van der Waals surface area contributed by atoms with E-state index in [0.29, 0.717) is 18.5 Å². The Bertz CT molecular complexity index is 476. The summed E-state index contributed by atoms with van der Waals surface area (Å²) in [5.41, 5.74) is 8.67. The van der Waals surface area contributed by atoms with E-state index in [-0.39, 0.29) is 0 Å². The molecule has 0 aromatic carbocycles. The van der Waals surface area contributed by atoms with Crippen molar-refractivity contribution < 1.29 is 0 Å². The van der Waals surface area contributed by atoms with Crippen molar-refractivity contribution >= 4 is 11.2 Å². The van der Waals surface area contributed by atoms with Gasteiger partial charge in [-0.1, -0.05) is 13.8 Å². The van der Waals surface area contributed by atoms with E-state index >= 15 is 0 Å². The van der Waals surface area contributed by atoms with E-state index in [9.17, 15) is 0 Å². The first-order chi connectivity index (χ1) is 8.22. The maximum absolute atomic E-state index is 5.74. The number of nitrogens with two attached hydrogens (primary N) is 1. The predicted molar refractivity (Wildman–Crippen MR) is 68.4 cm³/mol. The average Bonchev–Trinajstić information content (AvgIpc) is 2.78. The molecule has 0 aliphatic rings. The van der Waals surface area contributed by atoms with Gasteiger partial charge in [-0.3, -0.25) is 0 Å². The van der Waals surface area contributed by atoms with Gasteiger partial charge >= 0.3 is 0 Å². The van der Waals surface area contributed by atoms with Crippen LogP contribution in [0.3, 0.4) is 0 Å². The van der Waals surface area contributed by atoms with E-state index < -0.39 is 0 Å². The Kier molecular flexibility index (Phi) is 3.71. The van der Waals surface area contributed by atoms with Crippen LogP contribution in [0.5, 0.6) is 0 Å². The predicted octanol–water partition coefficient (Wildman–Crippen LogP) is 1.03. The quantitative estimate of drug-likeness (QED) is 0.720. The molecule has 0 radical (unpaired) electrons. The summed E-state index contributed by atoms with van der Waals surface area (Å²) in [5.74, 6) is 0.527. The van der Waals surface area contributed by atoms with Crippen LogP contribution in [0.15, 0.2) is 18.6 Å². The molecule has 0 saturated heterocycles. The highest BCUT2D eigenvalue weighted by Crippen LogP contribution is 2.12. The largest absolute Gasteiger partial charge is 0.343 e. The Hall–Kier alpha value is -1.46. The minimum Gasteiger partial charge on any atom is -0.343 e. The standard InChI is InChI=1S/C12H19N5/c1-8(2)10(5-13)15-6-9-3-4-14-12-11(9)16-7-17-12/h3-4,7-8,10,15H,5-6,13H2,1-2H3,(H,14,16,17). The van der Waals surface area contributed by atoms with Crippen molar-refractivity contribution in [1.82, 2.24) is 20.3 Å². The molecule has 0 spiro atoms. The second-order valence-corrected chi connectivity index (χ2v) is 4.54. The van der Waals surface area contributed by atoms with Crippen molar-refractivity contribution in [3.63, 3.8) is 0 Å². The fourth-order valence-corrected chi connectivity index (χ4v) is 1.88. The summed E-state index contributed by atoms with van der Waals surface area (Å²) in [7, 11) is 0. The molecule has 4 N–H and O–H groups in total. The van der Waals surface area contributed by atoms with E-state index in [2.05, 4.69) is 34.1 Å². The third kappa shape index (κ3) is 2.62. The van der Waals surface area contributed by atoms with Crippen molar-refractivity contribution in [2.75, 3.05) is 6.54 Å². The Morgan fingerprint density at radius 3 is 2.94 bits per heavy atom. The van der Waals surface area contributed by atoms with Crippen LogP contribution in [0.1, 0.15) is 19.4 Å². The molecule has 0 bridgehead atoms. The SMILES string of the molecule is CC(C)C(CN)NCc1ccnc2nc[nH]c12. The minimum absolute atomic E-state index is 0.334. The summed E-state index contributed by atoms with van der Waals surface area (Å²) in [5, 5.41) is 3.47.